The van der Waals surface area contributed by atoms with Crippen molar-refractivity contribution in [3.63, 3.8) is 0 Å². The van der Waals surface area contributed by atoms with E-state index in [1.54, 1.807) is 0 Å². The molecular weight excluding hydrogens is 899 g/mol. The van der Waals surface area contributed by atoms with E-state index in [9.17, 15) is 0 Å². The molecule has 340 valence electrons. The number of ether oxygens (including phenoxy) is 1. The van der Waals surface area contributed by atoms with Crippen LogP contribution in [0, 0.1) is 0 Å². The van der Waals surface area contributed by atoms with Gasteiger partial charge in [0.2, 0.25) is 0 Å². The summed E-state index contributed by atoms with van der Waals surface area (Å²) in [4.78, 5) is 7.85. The van der Waals surface area contributed by atoms with Crippen LogP contribution in [0.1, 0.15) is 72.2 Å². The minimum atomic E-state index is -0.598. The predicted molar refractivity (Wildman–Crippen MR) is 295 cm³/mol. The molecule has 0 aromatic heterocycles. The Morgan fingerprint density at radius 2 is 0.859 bits per heavy atom. The molecule has 14 rings (SSSR count). The van der Waals surface area contributed by atoms with Gasteiger partial charge in [-0.25, -0.2) is 0 Å². The summed E-state index contributed by atoms with van der Waals surface area (Å²) in [5.41, 5.74) is 19.8. The molecule has 2 heterocycles. The molecule has 0 spiro atoms. The number of para-hydroxylation sites is 1. The van der Waals surface area contributed by atoms with Crippen molar-refractivity contribution < 1.29 is 4.74 Å². The Labute approximate surface area is 425 Å². The zero-order valence-electron chi connectivity index (χ0n) is 40.0. The first-order valence-electron chi connectivity index (χ1n) is 24.7. The second kappa shape index (κ2) is 15.8. The summed E-state index contributed by atoms with van der Waals surface area (Å²) in [7, 11) is 0. The van der Waals surface area contributed by atoms with Gasteiger partial charge in [0.15, 0.2) is 0 Å². The number of hydrogen-bond acceptors (Lipinski definition) is 4. The molecule has 2 aliphatic heterocycles. The van der Waals surface area contributed by atoms with Gasteiger partial charge in [0.05, 0.1) is 5.41 Å². The first-order chi connectivity index (χ1) is 34.7. The summed E-state index contributed by atoms with van der Waals surface area (Å²) in [6, 6.07) is 83.1. The Balaban J connectivity index is 0.943. The van der Waals surface area contributed by atoms with Crippen molar-refractivity contribution >= 4 is 40.6 Å². The summed E-state index contributed by atoms with van der Waals surface area (Å²) in [5.74, 6) is 1.82. The minimum absolute atomic E-state index is 0.200. The van der Waals surface area contributed by atoms with Crippen molar-refractivity contribution in [3.05, 3.63) is 269 Å². The van der Waals surface area contributed by atoms with E-state index >= 15 is 0 Å². The Morgan fingerprint density at radius 3 is 1.51 bits per heavy atom. The third-order valence-corrected chi connectivity index (χ3v) is 18.5. The van der Waals surface area contributed by atoms with Gasteiger partial charge in [-0.05, 0) is 116 Å². The molecule has 10 aromatic rings. The summed E-state index contributed by atoms with van der Waals surface area (Å²) < 4.78 is 7.26. The normalized spacial score (nSPS) is 15.4. The molecule has 0 fully saturated rings. The Kier molecular flexibility index (Phi) is 9.40. The molecule has 2 aliphatic carbocycles. The monoisotopic (exact) mass is 947 g/mol. The van der Waals surface area contributed by atoms with E-state index in [1.165, 1.54) is 86.3 Å². The number of fused-ring (bicyclic) bond motifs is 12. The van der Waals surface area contributed by atoms with E-state index in [-0.39, 0.29) is 10.8 Å². The predicted octanol–water partition coefficient (Wildman–Crippen LogP) is 18.5. The van der Waals surface area contributed by atoms with Crippen molar-refractivity contribution in [3.8, 4) is 44.9 Å². The Morgan fingerprint density at radius 1 is 0.366 bits per heavy atom. The fraction of sp³-hybridized carbons (Fsp3) is 0.104. The molecule has 4 heteroatoms. The quantitative estimate of drug-likeness (QED) is 0.165. The van der Waals surface area contributed by atoms with Crippen LogP contribution in [-0.2, 0) is 16.2 Å². The topological polar surface area (TPSA) is 12.5 Å². The number of anilines is 3. The van der Waals surface area contributed by atoms with Crippen LogP contribution in [0.2, 0.25) is 0 Å². The first-order valence-corrected chi connectivity index (χ1v) is 26.3. The van der Waals surface area contributed by atoms with Crippen LogP contribution in [0.25, 0.3) is 33.4 Å². The fourth-order valence-electron chi connectivity index (χ4n) is 12.4. The van der Waals surface area contributed by atoms with Gasteiger partial charge in [0.1, 0.15) is 11.5 Å². The van der Waals surface area contributed by atoms with Crippen molar-refractivity contribution in [1.29, 1.82) is 0 Å². The zero-order valence-corrected chi connectivity index (χ0v) is 41.7. The van der Waals surface area contributed by atoms with E-state index in [4.69, 9.17) is 4.74 Å². The molecule has 0 amide bonds. The first kappa shape index (κ1) is 42.4. The zero-order chi connectivity index (χ0) is 47.6. The Hall–Kier alpha value is -7.50. The lowest BCUT2D eigenvalue weighted by molar-refractivity contribution is 0.435. The fourth-order valence-corrected chi connectivity index (χ4v) is 14.8. The number of nitrogens with zero attached hydrogens (tertiary/aromatic N) is 1. The van der Waals surface area contributed by atoms with Gasteiger partial charge in [-0.2, -0.15) is 0 Å². The summed E-state index contributed by atoms with van der Waals surface area (Å²) in [5, 5.41) is 0. The maximum atomic E-state index is 7.26. The van der Waals surface area contributed by atoms with Crippen LogP contribution >= 0.6 is 23.5 Å². The van der Waals surface area contributed by atoms with Gasteiger partial charge >= 0.3 is 0 Å². The average Bonchev–Trinajstić information content (AvgIpc) is 3.80. The minimum Gasteiger partial charge on any atom is -0.456 e. The summed E-state index contributed by atoms with van der Waals surface area (Å²) in [6.07, 6.45) is 0. The second-order valence-corrected chi connectivity index (χ2v) is 22.5. The van der Waals surface area contributed by atoms with E-state index in [1.807, 2.05) is 23.5 Å². The van der Waals surface area contributed by atoms with E-state index < -0.39 is 5.41 Å². The van der Waals surface area contributed by atoms with Gasteiger partial charge in [-0.3, -0.25) is 0 Å². The SMILES string of the molecule is CC1(C)c2cc(N(c3ccc(-c4ccccc4)cc3)c3ccc4c(c3)C(C)(C)c3ccc5c(c3-4)Sc3ccccc3S5)ccc2-c2c1ccc1c2Oc2ccccc2C1(c1ccccc1)c1ccccc1. The van der Waals surface area contributed by atoms with Crippen LogP contribution in [-0.4, -0.2) is 0 Å². The molecule has 71 heavy (non-hydrogen) atoms. The molecule has 0 N–H and O–H groups in total. The van der Waals surface area contributed by atoms with Crippen LogP contribution in [0.3, 0.4) is 0 Å². The largest absolute Gasteiger partial charge is 0.456 e. The number of hydrogen-bond donors (Lipinski definition) is 0. The maximum Gasteiger partial charge on any atom is 0.140 e. The third kappa shape index (κ3) is 6.17. The van der Waals surface area contributed by atoms with Crippen LogP contribution in [0.15, 0.2) is 244 Å². The second-order valence-electron chi connectivity index (χ2n) is 20.4. The van der Waals surface area contributed by atoms with Crippen molar-refractivity contribution in [2.24, 2.45) is 0 Å². The molecule has 0 atom stereocenters. The average molecular weight is 948 g/mol. The van der Waals surface area contributed by atoms with Crippen molar-refractivity contribution in [2.45, 2.75) is 63.5 Å². The molecule has 0 bridgehead atoms. The van der Waals surface area contributed by atoms with Gasteiger partial charge in [-0.1, -0.05) is 215 Å². The highest BCUT2D eigenvalue weighted by atomic mass is 32.2. The molecule has 0 saturated heterocycles. The number of rotatable bonds is 6. The highest BCUT2D eigenvalue weighted by Gasteiger charge is 2.49. The van der Waals surface area contributed by atoms with Gasteiger partial charge in [0, 0.05) is 69.7 Å². The van der Waals surface area contributed by atoms with Gasteiger partial charge < -0.3 is 9.64 Å². The maximum absolute atomic E-state index is 7.26. The lowest BCUT2D eigenvalue weighted by Crippen LogP contribution is -2.34. The van der Waals surface area contributed by atoms with Crippen molar-refractivity contribution in [1.82, 2.24) is 0 Å². The lowest BCUT2D eigenvalue weighted by Gasteiger charge is -2.42. The molecular formula is C67H49NOS2. The Bertz CT molecular complexity index is 3740. The van der Waals surface area contributed by atoms with E-state index in [0.29, 0.717) is 0 Å². The molecule has 2 nitrogen and oxygen atoms in total. The standard InChI is InChI=1S/C67H49NOS2/c1-65(2)52-36-37-54-63(69-57-25-15-14-24-51(57)67(54,44-20-10-6-11-21-44)45-22-12-7-13-23-45)61(52)49-34-32-47(40-55(49)65)68(46-30-28-43(29-31-46)42-18-8-5-9-19-42)48-33-35-50-56(41-48)66(3,4)53-38-39-60-64(62(50)53)71-59-27-17-16-26-58(59)70-60/h5-41H,1-4H3. The highest BCUT2D eigenvalue weighted by molar-refractivity contribution is 8.05. The van der Waals surface area contributed by atoms with E-state index in [0.717, 1.165) is 39.7 Å². The highest BCUT2D eigenvalue weighted by Crippen LogP contribution is 2.63. The molecule has 0 saturated carbocycles. The van der Waals surface area contributed by atoms with Crippen LogP contribution in [0.4, 0.5) is 17.1 Å². The summed E-state index contributed by atoms with van der Waals surface area (Å²) >= 11 is 3.82. The van der Waals surface area contributed by atoms with Gasteiger partial charge in [0.25, 0.3) is 0 Å². The summed E-state index contributed by atoms with van der Waals surface area (Å²) in [6.45, 7) is 9.58. The number of benzene rings is 10. The molecule has 10 aromatic carbocycles. The lowest BCUT2D eigenvalue weighted by atomic mass is 9.63. The van der Waals surface area contributed by atoms with Crippen LogP contribution < -0.4 is 9.64 Å². The third-order valence-electron chi connectivity index (χ3n) is 15.9. The molecule has 0 radical (unpaired) electrons. The molecule has 0 unspecified atom stereocenters. The van der Waals surface area contributed by atoms with Crippen LogP contribution in [0.5, 0.6) is 11.5 Å². The molecule has 4 aliphatic rings. The van der Waals surface area contributed by atoms with E-state index in [2.05, 4.69) is 257 Å². The van der Waals surface area contributed by atoms with Gasteiger partial charge in [-0.15, -0.1) is 0 Å². The smallest absolute Gasteiger partial charge is 0.140 e. The van der Waals surface area contributed by atoms with Crippen molar-refractivity contribution in [2.75, 3.05) is 4.90 Å².